The van der Waals surface area contributed by atoms with Gasteiger partial charge in [0.2, 0.25) is 0 Å². The van der Waals surface area contributed by atoms with Crippen molar-refractivity contribution in [3.63, 3.8) is 0 Å². The molecular formula is C7H12N2O2. The molecule has 11 heavy (non-hydrogen) atoms. The Kier molecular flexibility index (Phi) is 1.69. The van der Waals surface area contributed by atoms with Gasteiger partial charge in [-0.2, -0.15) is 0 Å². The van der Waals surface area contributed by atoms with Gasteiger partial charge in [-0.15, -0.1) is 0 Å². The monoisotopic (exact) mass is 156 g/mol. The van der Waals surface area contributed by atoms with Crippen LogP contribution in [0, 0.1) is 5.92 Å². The van der Waals surface area contributed by atoms with Gasteiger partial charge in [-0.1, -0.05) is 0 Å². The molecule has 2 aliphatic rings. The van der Waals surface area contributed by atoms with Crippen LogP contribution in [0.3, 0.4) is 0 Å². The molecule has 0 aliphatic carbocycles. The highest BCUT2D eigenvalue weighted by Gasteiger charge is 2.31. The number of hydrogen-bond acceptors (Lipinski definition) is 3. The van der Waals surface area contributed by atoms with Crippen LogP contribution in [0.1, 0.15) is 6.42 Å². The van der Waals surface area contributed by atoms with E-state index in [0.717, 1.165) is 19.5 Å². The first kappa shape index (κ1) is 6.91. The second kappa shape index (κ2) is 2.70. The fourth-order valence-electron chi connectivity index (χ4n) is 1.66. The SMILES string of the molecule is O=C1NC2CCNCC2CO1. The molecule has 2 saturated heterocycles. The van der Waals surface area contributed by atoms with E-state index in [0.29, 0.717) is 18.6 Å². The van der Waals surface area contributed by atoms with Gasteiger partial charge in [-0.25, -0.2) is 4.79 Å². The summed E-state index contributed by atoms with van der Waals surface area (Å²) in [5.41, 5.74) is 0. The number of fused-ring (bicyclic) bond motifs is 1. The molecule has 0 saturated carbocycles. The van der Waals surface area contributed by atoms with Crippen molar-refractivity contribution >= 4 is 6.09 Å². The van der Waals surface area contributed by atoms with Crippen molar-refractivity contribution in [2.75, 3.05) is 19.7 Å². The van der Waals surface area contributed by atoms with Crippen LogP contribution in [0.25, 0.3) is 0 Å². The molecule has 0 aromatic rings. The number of alkyl carbamates (subject to hydrolysis) is 1. The Morgan fingerprint density at radius 1 is 1.55 bits per heavy atom. The number of hydrogen-bond donors (Lipinski definition) is 2. The molecule has 62 valence electrons. The van der Waals surface area contributed by atoms with Gasteiger partial charge < -0.3 is 15.4 Å². The van der Waals surface area contributed by atoms with Crippen molar-refractivity contribution in [1.82, 2.24) is 10.6 Å². The lowest BCUT2D eigenvalue weighted by molar-refractivity contribution is 0.0703. The van der Waals surface area contributed by atoms with Crippen molar-refractivity contribution in [2.24, 2.45) is 5.92 Å². The molecule has 2 fully saturated rings. The number of piperidine rings is 1. The van der Waals surface area contributed by atoms with Crippen LogP contribution >= 0.6 is 0 Å². The Morgan fingerprint density at radius 3 is 3.36 bits per heavy atom. The Hall–Kier alpha value is -0.770. The molecule has 0 bridgehead atoms. The Morgan fingerprint density at radius 2 is 2.45 bits per heavy atom. The first-order valence-corrected chi connectivity index (χ1v) is 4.00. The van der Waals surface area contributed by atoms with Crippen LogP contribution in [0.2, 0.25) is 0 Å². The van der Waals surface area contributed by atoms with Crippen LogP contribution in [-0.2, 0) is 4.74 Å². The maximum atomic E-state index is 10.8. The summed E-state index contributed by atoms with van der Waals surface area (Å²) in [5.74, 6) is 0.474. The Labute approximate surface area is 65.3 Å². The fourth-order valence-corrected chi connectivity index (χ4v) is 1.66. The third-order valence-electron chi connectivity index (χ3n) is 2.34. The summed E-state index contributed by atoms with van der Waals surface area (Å²) in [6, 6.07) is 0.345. The van der Waals surface area contributed by atoms with E-state index in [4.69, 9.17) is 4.74 Å². The molecule has 0 spiro atoms. The van der Waals surface area contributed by atoms with Gasteiger partial charge in [0.15, 0.2) is 0 Å². The predicted molar refractivity (Wildman–Crippen MR) is 39.2 cm³/mol. The van der Waals surface area contributed by atoms with E-state index in [-0.39, 0.29) is 6.09 Å². The summed E-state index contributed by atoms with van der Waals surface area (Å²) >= 11 is 0. The van der Waals surface area contributed by atoms with Gasteiger partial charge >= 0.3 is 6.09 Å². The minimum Gasteiger partial charge on any atom is -0.449 e. The molecule has 4 nitrogen and oxygen atoms in total. The fraction of sp³-hybridized carbons (Fsp3) is 0.857. The van der Waals surface area contributed by atoms with Gasteiger partial charge in [0.25, 0.3) is 0 Å². The molecule has 2 heterocycles. The molecule has 2 unspecified atom stereocenters. The normalized spacial score (nSPS) is 36.9. The zero-order chi connectivity index (χ0) is 7.68. The van der Waals surface area contributed by atoms with Gasteiger partial charge in [0.1, 0.15) is 0 Å². The van der Waals surface area contributed by atoms with Crippen molar-refractivity contribution in [3.05, 3.63) is 0 Å². The molecule has 2 aliphatic heterocycles. The average Bonchev–Trinajstić information content (AvgIpc) is 2.04. The smallest absolute Gasteiger partial charge is 0.407 e. The van der Waals surface area contributed by atoms with E-state index in [9.17, 15) is 4.79 Å². The Bertz CT molecular complexity index is 172. The van der Waals surface area contributed by atoms with E-state index in [1.165, 1.54) is 0 Å². The lowest BCUT2D eigenvalue weighted by Gasteiger charge is -2.35. The molecule has 0 radical (unpaired) electrons. The quantitative estimate of drug-likeness (QED) is 0.506. The third-order valence-corrected chi connectivity index (χ3v) is 2.34. The Balaban J connectivity index is 1.98. The maximum Gasteiger partial charge on any atom is 0.407 e. The molecule has 0 aromatic heterocycles. The average molecular weight is 156 g/mol. The second-order valence-corrected chi connectivity index (χ2v) is 3.10. The molecule has 0 aromatic carbocycles. The van der Waals surface area contributed by atoms with Crippen molar-refractivity contribution < 1.29 is 9.53 Å². The zero-order valence-corrected chi connectivity index (χ0v) is 6.30. The number of nitrogens with one attached hydrogen (secondary N) is 2. The van der Waals surface area contributed by atoms with E-state index in [1.807, 2.05) is 0 Å². The van der Waals surface area contributed by atoms with Crippen molar-refractivity contribution in [3.8, 4) is 0 Å². The van der Waals surface area contributed by atoms with Crippen LogP contribution in [-0.4, -0.2) is 31.8 Å². The maximum absolute atomic E-state index is 10.8. The van der Waals surface area contributed by atoms with E-state index >= 15 is 0 Å². The molecular weight excluding hydrogens is 144 g/mol. The third kappa shape index (κ3) is 1.30. The van der Waals surface area contributed by atoms with Gasteiger partial charge in [0, 0.05) is 18.5 Å². The van der Waals surface area contributed by atoms with Crippen molar-refractivity contribution in [2.45, 2.75) is 12.5 Å². The molecule has 2 atom stereocenters. The van der Waals surface area contributed by atoms with E-state index in [1.54, 1.807) is 0 Å². The number of carbonyl (C=O) groups excluding carboxylic acids is 1. The van der Waals surface area contributed by atoms with E-state index in [2.05, 4.69) is 10.6 Å². The van der Waals surface area contributed by atoms with Gasteiger partial charge in [0.05, 0.1) is 6.61 Å². The van der Waals surface area contributed by atoms with Crippen LogP contribution in [0.4, 0.5) is 4.79 Å². The first-order valence-electron chi connectivity index (χ1n) is 4.00. The van der Waals surface area contributed by atoms with Crippen LogP contribution < -0.4 is 10.6 Å². The lowest BCUT2D eigenvalue weighted by atomic mass is 9.93. The minimum atomic E-state index is -0.256. The van der Waals surface area contributed by atoms with Crippen molar-refractivity contribution in [1.29, 1.82) is 0 Å². The number of cyclic esters (lactones) is 1. The highest BCUT2D eigenvalue weighted by Crippen LogP contribution is 2.15. The number of amides is 1. The largest absolute Gasteiger partial charge is 0.449 e. The van der Waals surface area contributed by atoms with Gasteiger partial charge in [-0.05, 0) is 13.0 Å². The topological polar surface area (TPSA) is 50.4 Å². The predicted octanol–water partition coefficient (Wildman–Crippen LogP) is -0.296. The summed E-state index contributed by atoms with van der Waals surface area (Å²) in [5, 5.41) is 6.08. The van der Waals surface area contributed by atoms with Crippen LogP contribution in [0.15, 0.2) is 0 Å². The highest BCUT2D eigenvalue weighted by molar-refractivity contribution is 5.68. The van der Waals surface area contributed by atoms with E-state index < -0.39 is 0 Å². The highest BCUT2D eigenvalue weighted by atomic mass is 16.6. The summed E-state index contributed by atoms with van der Waals surface area (Å²) in [6.45, 7) is 2.54. The summed E-state index contributed by atoms with van der Waals surface area (Å²) in [6.07, 6.45) is 0.771. The molecule has 1 amide bonds. The summed E-state index contributed by atoms with van der Waals surface area (Å²) in [7, 11) is 0. The number of rotatable bonds is 0. The summed E-state index contributed by atoms with van der Waals surface area (Å²) in [4.78, 5) is 10.8. The minimum absolute atomic E-state index is 0.256. The number of ether oxygens (including phenoxy) is 1. The summed E-state index contributed by atoms with van der Waals surface area (Å²) < 4.78 is 4.86. The van der Waals surface area contributed by atoms with Gasteiger partial charge in [-0.3, -0.25) is 0 Å². The molecule has 2 rings (SSSR count). The first-order chi connectivity index (χ1) is 5.36. The second-order valence-electron chi connectivity index (χ2n) is 3.10. The molecule has 2 N–H and O–H groups in total. The zero-order valence-electron chi connectivity index (χ0n) is 6.30. The molecule has 4 heteroatoms. The lowest BCUT2D eigenvalue weighted by Crippen LogP contribution is -2.55. The standard InChI is InChI=1S/C7H12N2O2/c10-7-9-6-1-2-8-3-5(6)4-11-7/h5-6,8H,1-4H2,(H,9,10). The number of carbonyl (C=O) groups is 1. The van der Waals surface area contributed by atoms with Crippen LogP contribution in [0.5, 0.6) is 0 Å².